The molecule has 0 aliphatic heterocycles. The minimum atomic E-state index is -0.0755. The SMILES string of the molecule is CCNCC(=O)Nc1ccc(OCC)c(OCC)c1. The Morgan fingerprint density at radius 2 is 1.79 bits per heavy atom. The molecule has 1 aromatic carbocycles. The highest BCUT2D eigenvalue weighted by Gasteiger charge is 2.08. The lowest BCUT2D eigenvalue weighted by molar-refractivity contribution is -0.115. The fourth-order valence-electron chi connectivity index (χ4n) is 1.57. The molecule has 1 amide bonds. The van der Waals surface area contributed by atoms with Crippen molar-refractivity contribution in [3.63, 3.8) is 0 Å². The van der Waals surface area contributed by atoms with Crippen molar-refractivity contribution in [3.8, 4) is 11.5 Å². The molecule has 1 rings (SSSR count). The Bertz CT molecular complexity index is 408. The van der Waals surface area contributed by atoms with Gasteiger partial charge in [-0.15, -0.1) is 0 Å². The van der Waals surface area contributed by atoms with Crippen molar-refractivity contribution in [2.24, 2.45) is 0 Å². The first kappa shape index (κ1) is 15.3. The second-order valence-electron chi connectivity index (χ2n) is 3.86. The van der Waals surface area contributed by atoms with Crippen LogP contribution in [-0.4, -0.2) is 32.2 Å². The summed E-state index contributed by atoms with van der Waals surface area (Å²) in [6, 6.07) is 5.38. The summed E-state index contributed by atoms with van der Waals surface area (Å²) in [5.74, 6) is 1.26. The quantitative estimate of drug-likeness (QED) is 0.756. The fraction of sp³-hybridized carbons (Fsp3) is 0.500. The van der Waals surface area contributed by atoms with Gasteiger partial charge in [0, 0.05) is 11.8 Å². The van der Waals surface area contributed by atoms with Crippen LogP contribution in [0.5, 0.6) is 11.5 Å². The van der Waals surface area contributed by atoms with Gasteiger partial charge >= 0.3 is 0 Å². The number of anilines is 1. The maximum Gasteiger partial charge on any atom is 0.238 e. The van der Waals surface area contributed by atoms with Crippen molar-refractivity contribution in [1.29, 1.82) is 0 Å². The molecular weight excluding hydrogens is 244 g/mol. The zero-order chi connectivity index (χ0) is 14.1. The molecule has 1 aromatic rings. The number of nitrogens with one attached hydrogen (secondary N) is 2. The summed E-state index contributed by atoms with van der Waals surface area (Å²) in [7, 11) is 0. The van der Waals surface area contributed by atoms with E-state index in [-0.39, 0.29) is 5.91 Å². The third kappa shape index (κ3) is 5.18. The van der Waals surface area contributed by atoms with E-state index in [0.29, 0.717) is 36.9 Å². The molecule has 0 spiro atoms. The number of carbonyl (C=O) groups is 1. The van der Waals surface area contributed by atoms with E-state index in [1.165, 1.54) is 0 Å². The largest absolute Gasteiger partial charge is 0.490 e. The number of rotatable bonds is 8. The smallest absolute Gasteiger partial charge is 0.238 e. The van der Waals surface area contributed by atoms with Crippen LogP contribution in [0.3, 0.4) is 0 Å². The molecule has 106 valence electrons. The molecule has 0 saturated carbocycles. The Morgan fingerprint density at radius 3 is 2.42 bits per heavy atom. The fourth-order valence-corrected chi connectivity index (χ4v) is 1.57. The Hall–Kier alpha value is -1.75. The second kappa shape index (κ2) is 8.37. The van der Waals surface area contributed by atoms with Gasteiger partial charge in [0.25, 0.3) is 0 Å². The number of hydrogen-bond acceptors (Lipinski definition) is 4. The summed E-state index contributed by atoms with van der Waals surface area (Å²) < 4.78 is 11.0. The van der Waals surface area contributed by atoms with Crippen LogP contribution in [0.2, 0.25) is 0 Å². The summed E-state index contributed by atoms with van der Waals surface area (Å²) in [5.41, 5.74) is 0.704. The molecule has 5 nitrogen and oxygen atoms in total. The number of likely N-dealkylation sites (N-methyl/N-ethyl adjacent to an activating group) is 1. The molecule has 0 radical (unpaired) electrons. The molecule has 0 unspecified atom stereocenters. The van der Waals surface area contributed by atoms with E-state index in [0.717, 1.165) is 6.54 Å². The lowest BCUT2D eigenvalue weighted by atomic mass is 10.2. The number of amides is 1. The van der Waals surface area contributed by atoms with Gasteiger partial charge in [-0.05, 0) is 32.5 Å². The van der Waals surface area contributed by atoms with Crippen molar-refractivity contribution >= 4 is 11.6 Å². The van der Waals surface area contributed by atoms with E-state index < -0.39 is 0 Å². The maximum atomic E-state index is 11.6. The minimum Gasteiger partial charge on any atom is -0.490 e. The number of hydrogen-bond donors (Lipinski definition) is 2. The van der Waals surface area contributed by atoms with Gasteiger partial charge in [-0.3, -0.25) is 4.79 Å². The summed E-state index contributed by atoms with van der Waals surface area (Å²) in [6.07, 6.45) is 0. The van der Waals surface area contributed by atoms with Gasteiger partial charge in [0.05, 0.1) is 19.8 Å². The maximum absolute atomic E-state index is 11.6. The molecule has 0 aliphatic rings. The highest BCUT2D eigenvalue weighted by Crippen LogP contribution is 2.30. The van der Waals surface area contributed by atoms with E-state index in [4.69, 9.17) is 9.47 Å². The van der Waals surface area contributed by atoms with Crippen LogP contribution in [-0.2, 0) is 4.79 Å². The third-order valence-electron chi connectivity index (χ3n) is 2.36. The standard InChI is InChI=1S/C14H22N2O3/c1-4-15-10-14(17)16-11-7-8-12(18-5-2)13(9-11)19-6-3/h7-9,15H,4-6,10H2,1-3H3,(H,16,17). The van der Waals surface area contributed by atoms with E-state index >= 15 is 0 Å². The predicted octanol–water partition coefficient (Wildman–Crippen LogP) is 2.03. The van der Waals surface area contributed by atoms with Crippen LogP contribution in [0.25, 0.3) is 0 Å². The average molecular weight is 266 g/mol. The van der Waals surface area contributed by atoms with Gasteiger partial charge in [-0.2, -0.15) is 0 Å². The van der Waals surface area contributed by atoms with Crippen molar-refractivity contribution < 1.29 is 14.3 Å². The predicted molar refractivity (Wildman–Crippen MR) is 76.0 cm³/mol. The molecule has 2 N–H and O–H groups in total. The zero-order valence-corrected chi connectivity index (χ0v) is 11.8. The zero-order valence-electron chi connectivity index (χ0n) is 11.8. The van der Waals surface area contributed by atoms with Crippen LogP contribution >= 0.6 is 0 Å². The second-order valence-corrected chi connectivity index (χ2v) is 3.86. The molecule has 0 bridgehead atoms. The minimum absolute atomic E-state index is 0.0755. The van der Waals surface area contributed by atoms with Crippen LogP contribution in [0.4, 0.5) is 5.69 Å². The van der Waals surface area contributed by atoms with Gasteiger partial charge in [0.15, 0.2) is 11.5 Å². The van der Waals surface area contributed by atoms with Crippen LogP contribution < -0.4 is 20.1 Å². The summed E-state index contributed by atoms with van der Waals surface area (Å²) in [5, 5.41) is 5.78. The van der Waals surface area contributed by atoms with Crippen molar-refractivity contribution in [3.05, 3.63) is 18.2 Å². The third-order valence-corrected chi connectivity index (χ3v) is 2.36. The first-order valence-electron chi connectivity index (χ1n) is 6.61. The lowest BCUT2D eigenvalue weighted by Crippen LogP contribution is -2.27. The number of carbonyl (C=O) groups excluding carboxylic acids is 1. The van der Waals surface area contributed by atoms with E-state index in [9.17, 15) is 4.79 Å². The van der Waals surface area contributed by atoms with E-state index in [1.54, 1.807) is 18.2 Å². The van der Waals surface area contributed by atoms with Gasteiger partial charge in [0.1, 0.15) is 0 Å². The average Bonchev–Trinajstić information content (AvgIpc) is 2.40. The Morgan fingerprint density at radius 1 is 1.11 bits per heavy atom. The highest BCUT2D eigenvalue weighted by molar-refractivity contribution is 5.92. The van der Waals surface area contributed by atoms with Crippen molar-refractivity contribution in [2.75, 3.05) is 31.6 Å². The van der Waals surface area contributed by atoms with E-state index in [1.807, 2.05) is 20.8 Å². The molecule has 0 fully saturated rings. The molecule has 0 heterocycles. The van der Waals surface area contributed by atoms with Crippen LogP contribution in [0.15, 0.2) is 18.2 Å². The molecular formula is C14H22N2O3. The monoisotopic (exact) mass is 266 g/mol. The molecule has 0 aromatic heterocycles. The molecule has 0 saturated heterocycles. The number of benzene rings is 1. The summed E-state index contributed by atoms with van der Waals surface area (Å²) in [4.78, 5) is 11.6. The Balaban J connectivity index is 2.74. The normalized spacial score (nSPS) is 10.1. The molecule has 0 aliphatic carbocycles. The Kier molecular flexibility index (Phi) is 6.74. The molecule has 19 heavy (non-hydrogen) atoms. The molecule has 0 atom stereocenters. The van der Waals surface area contributed by atoms with E-state index in [2.05, 4.69) is 10.6 Å². The number of ether oxygens (including phenoxy) is 2. The topological polar surface area (TPSA) is 59.6 Å². The first-order chi connectivity index (χ1) is 9.21. The van der Waals surface area contributed by atoms with Crippen molar-refractivity contribution in [2.45, 2.75) is 20.8 Å². The van der Waals surface area contributed by atoms with Crippen LogP contribution in [0.1, 0.15) is 20.8 Å². The highest BCUT2D eigenvalue weighted by atomic mass is 16.5. The molecule has 5 heteroatoms. The summed E-state index contributed by atoms with van der Waals surface area (Å²) in [6.45, 7) is 7.97. The lowest BCUT2D eigenvalue weighted by Gasteiger charge is -2.13. The van der Waals surface area contributed by atoms with Gasteiger partial charge < -0.3 is 20.1 Å². The van der Waals surface area contributed by atoms with Crippen LogP contribution in [0, 0.1) is 0 Å². The van der Waals surface area contributed by atoms with Gasteiger partial charge in [-0.25, -0.2) is 0 Å². The summed E-state index contributed by atoms with van der Waals surface area (Å²) >= 11 is 0. The Labute approximate surface area is 114 Å². The van der Waals surface area contributed by atoms with Gasteiger partial charge in [-0.1, -0.05) is 6.92 Å². The first-order valence-corrected chi connectivity index (χ1v) is 6.61. The van der Waals surface area contributed by atoms with Gasteiger partial charge in [0.2, 0.25) is 5.91 Å². The van der Waals surface area contributed by atoms with Crippen molar-refractivity contribution in [1.82, 2.24) is 5.32 Å².